The highest BCUT2D eigenvalue weighted by molar-refractivity contribution is 9.10. The zero-order chi connectivity index (χ0) is 15.1. The minimum Gasteiger partial charge on any atom is -0.493 e. The monoisotopic (exact) mass is 347 g/mol. The fourth-order valence-electron chi connectivity index (χ4n) is 2.09. The maximum absolute atomic E-state index is 5.80. The van der Waals surface area contributed by atoms with Gasteiger partial charge in [0.05, 0.1) is 6.61 Å². The van der Waals surface area contributed by atoms with Crippen molar-refractivity contribution in [1.82, 2.24) is 5.32 Å². The number of halogens is 1. The fourth-order valence-corrected chi connectivity index (χ4v) is 2.49. The highest BCUT2D eigenvalue weighted by Gasteiger charge is 2.04. The van der Waals surface area contributed by atoms with E-state index in [0.717, 1.165) is 36.3 Å². The number of ether oxygens (including phenoxy) is 1. The lowest BCUT2D eigenvalue weighted by Crippen LogP contribution is -2.13. The van der Waals surface area contributed by atoms with Crippen LogP contribution in [0.15, 0.2) is 46.9 Å². The van der Waals surface area contributed by atoms with Crippen molar-refractivity contribution in [1.29, 1.82) is 0 Å². The van der Waals surface area contributed by atoms with Crippen molar-refractivity contribution < 1.29 is 4.74 Å². The Morgan fingerprint density at radius 1 is 1.05 bits per heavy atom. The summed E-state index contributed by atoms with van der Waals surface area (Å²) in [5.41, 5.74) is 3.78. The molecule has 2 aromatic rings. The van der Waals surface area contributed by atoms with Gasteiger partial charge in [0.15, 0.2) is 0 Å². The van der Waals surface area contributed by atoms with Gasteiger partial charge in [-0.2, -0.15) is 0 Å². The first-order valence-corrected chi connectivity index (χ1v) is 8.16. The van der Waals surface area contributed by atoms with Crippen LogP contribution in [0.5, 0.6) is 5.75 Å². The third-order valence-electron chi connectivity index (χ3n) is 3.25. The topological polar surface area (TPSA) is 21.3 Å². The van der Waals surface area contributed by atoms with Gasteiger partial charge in [-0.05, 0) is 37.1 Å². The smallest absolute Gasteiger partial charge is 0.123 e. The summed E-state index contributed by atoms with van der Waals surface area (Å²) >= 11 is 3.53. The first kappa shape index (κ1) is 16.1. The molecule has 0 radical (unpaired) electrons. The van der Waals surface area contributed by atoms with Crippen LogP contribution in [0.3, 0.4) is 0 Å². The number of benzene rings is 2. The third kappa shape index (κ3) is 5.18. The molecule has 2 nitrogen and oxygen atoms in total. The largest absolute Gasteiger partial charge is 0.493 e. The molecule has 0 aliphatic heterocycles. The van der Waals surface area contributed by atoms with Crippen LogP contribution >= 0.6 is 15.9 Å². The number of aryl methyl sites for hydroxylation is 1. The second kappa shape index (κ2) is 8.20. The first-order valence-electron chi connectivity index (χ1n) is 7.36. The van der Waals surface area contributed by atoms with Crippen molar-refractivity contribution >= 4 is 15.9 Å². The van der Waals surface area contributed by atoms with Gasteiger partial charge in [0.2, 0.25) is 0 Å². The molecule has 0 heterocycles. The zero-order valence-electron chi connectivity index (χ0n) is 12.7. The van der Waals surface area contributed by atoms with Crippen LogP contribution < -0.4 is 10.1 Å². The first-order chi connectivity index (χ1) is 10.2. The molecular weight excluding hydrogens is 326 g/mol. The lowest BCUT2D eigenvalue weighted by atomic mass is 10.1. The van der Waals surface area contributed by atoms with E-state index >= 15 is 0 Å². The van der Waals surface area contributed by atoms with Crippen molar-refractivity contribution in [2.45, 2.75) is 33.4 Å². The predicted molar refractivity (Wildman–Crippen MR) is 91.7 cm³/mol. The Morgan fingerprint density at radius 3 is 2.52 bits per heavy atom. The molecule has 0 amide bonds. The molecule has 3 heteroatoms. The van der Waals surface area contributed by atoms with Crippen LogP contribution in [0, 0.1) is 6.92 Å². The lowest BCUT2D eigenvalue weighted by molar-refractivity contribution is 0.313. The van der Waals surface area contributed by atoms with E-state index in [-0.39, 0.29) is 0 Å². The Labute approximate surface area is 135 Å². The van der Waals surface area contributed by atoms with Gasteiger partial charge < -0.3 is 10.1 Å². The molecule has 0 atom stereocenters. The van der Waals surface area contributed by atoms with Crippen molar-refractivity contribution in [3.05, 3.63) is 63.6 Å². The van der Waals surface area contributed by atoms with Crippen molar-refractivity contribution in [2.75, 3.05) is 6.61 Å². The highest BCUT2D eigenvalue weighted by Crippen LogP contribution is 2.23. The second-order valence-corrected chi connectivity index (χ2v) is 6.11. The summed E-state index contributed by atoms with van der Waals surface area (Å²) in [4.78, 5) is 0. The molecule has 21 heavy (non-hydrogen) atoms. The Morgan fingerprint density at radius 2 is 1.81 bits per heavy atom. The summed E-state index contributed by atoms with van der Waals surface area (Å²) < 4.78 is 6.88. The molecule has 0 saturated heterocycles. The molecule has 112 valence electrons. The molecule has 2 rings (SSSR count). The molecule has 2 aromatic carbocycles. The minimum atomic E-state index is 0.757. The van der Waals surface area contributed by atoms with Crippen LogP contribution in [0.4, 0.5) is 0 Å². The van der Waals surface area contributed by atoms with E-state index in [1.54, 1.807) is 0 Å². The van der Waals surface area contributed by atoms with Crippen LogP contribution in [0.1, 0.15) is 30.0 Å². The molecule has 0 unspecified atom stereocenters. The number of rotatable bonds is 7. The molecule has 0 bridgehead atoms. The van der Waals surface area contributed by atoms with Gasteiger partial charge in [0, 0.05) is 23.1 Å². The summed E-state index contributed by atoms with van der Waals surface area (Å²) in [5.74, 6) is 0.969. The average molecular weight is 348 g/mol. The standard InChI is InChI=1S/C18H22BrNO/c1-3-10-21-18-9-8-17(19)11-16(18)13-20-12-15-6-4-14(2)5-7-15/h4-9,11,20H,3,10,12-13H2,1-2H3. The Balaban J connectivity index is 1.95. The molecule has 0 fully saturated rings. The van der Waals surface area contributed by atoms with Gasteiger partial charge in [-0.3, -0.25) is 0 Å². The minimum absolute atomic E-state index is 0.757. The summed E-state index contributed by atoms with van der Waals surface area (Å²) in [6.07, 6.45) is 1.02. The summed E-state index contributed by atoms with van der Waals surface area (Å²) in [6.45, 7) is 6.64. The van der Waals surface area contributed by atoms with Gasteiger partial charge in [0.25, 0.3) is 0 Å². The number of hydrogen-bond donors (Lipinski definition) is 1. The molecule has 1 N–H and O–H groups in total. The van der Waals surface area contributed by atoms with E-state index in [9.17, 15) is 0 Å². The van der Waals surface area contributed by atoms with E-state index in [4.69, 9.17) is 4.74 Å². The zero-order valence-corrected chi connectivity index (χ0v) is 14.2. The van der Waals surface area contributed by atoms with E-state index in [2.05, 4.69) is 65.4 Å². The molecular formula is C18H22BrNO. The van der Waals surface area contributed by atoms with Gasteiger partial charge in [-0.15, -0.1) is 0 Å². The quantitative estimate of drug-likeness (QED) is 0.773. The van der Waals surface area contributed by atoms with Crippen molar-refractivity contribution in [3.63, 3.8) is 0 Å². The van der Waals surface area contributed by atoms with Crippen LogP contribution in [0.2, 0.25) is 0 Å². The maximum atomic E-state index is 5.80. The van der Waals surface area contributed by atoms with Crippen LogP contribution in [-0.4, -0.2) is 6.61 Å². The molecule has 0 aliphatic carbocycles. The summed E-state index contributed by atoms with van der Waals surface area (Å²) in [6, 6.07) is 14.8. The second-order valence-electron chi connectivity index (χ2n) is 5.19. The Kier molecular flexibility index (Phi) is 6.27. The predicted octanol–water partition coefficient (Wildman–Crippen LogP) is 4.84. The Bertz CT molecular complexity index is 566. The van der Waals surface area contributed by atoms with Crippen molar-refractivity contribution in [3.8, 4) is 5.75 Å². The third-order valence-corrected chi connectivity index (χ3v) is 3.74. The van der Waals surface area contributed by atoms with Gasteiger partial charge in [-0.25, -0.2) is 0 Å². The normalized spacial score (nSPS) is 10.6. The van der Waals surface area contributed by atoms with E-state index < -0.39 is 0 Å². The fraction of sp³-hybridized carbons (Fsp3) is 0.333. The SMILES string of the molecule is CCCOc1ccc(Br)cc1CNCc1ccc(C)cc1. The van der Waals surface area contributed by atoms with E-state index in [1.807, 2.05) is 12.1 Å². The highest BCUT2D eigenvalue weighted by atomic mass is 79.9. The van der Waals surface area contributed by atoms with Gasteiger partial charge in [-0.1, -0.05) is 52.7 Å². The van der Waals surface area contributed by atoms with Gasteiger partial charge in [0.1, 0.15) is 5.75 Å². The molecule has 0 aromatic heterocycles. The maximum Gasteiger partial charge on any atom is 0.123 e. The summed E-state index contributed by atoms with van der Waals surface area (Å²) in [5, 5.41) is 3.48. The van der Waals surface area contributed by atoms with Gasteiger partial charge >= 0.3 is 0 Å². The van der Waals surface area contributed by atoms with E-state index in [1.165, 1.54) is 16.7 Å². The molecule has 0 saturated carbocycles. The van der Waals surface area contributed by atoms with Crippen LogP contribution in [-0.2, 0) is 13.1 Å². The number of hydrogen-bond acceptors (Lipinski definition) is 2. The Hall–Kier alpha value is -1.32. The number of nitrogens with one attached hydrogen (secondary N) is 1. The summed E-state index contributed by atoms with van der Waals surface area (Å²) in [7, 11) is 0. The average Bonchev–Trinajstić information content (AvgIpc) is 2.48. The molecule has 0 aliphatic rings. The van der Waals surface area contributed by atoms with E-state index in [0.29, 0.717) is 0 Å². The lowest BCUT2D eigenvalue weighted by Gasteiger charge is -2.12. The van der Waals surface area contributed by atoms with Crippen molar-refractivity contribution in [2.24, 2.45) is 0 Å². The molecule has 0 spiro atoms. The van der Waals surface area contributed by atoms with Crippen LogP contribution in [0.25, 0.3) is 0 Å².